The minimum absolute atomic E-state index is 0.908. The average Bonchev–Trinajstić information content (AvgIpc) is 3.75. The molecule has 9 rings (SSSR count). The first-order chi connectivity index (χ1) is 27.6. The van der Waals surface area contributed by atoms with Gasteiger partial charge in [-0.2, -0.15) is 0 Å². The van der Waals surface area contributed by atoms with Gasteiger partial charge in [-0.25, -0.2) is 4.99 Å². The van der Waals surface area contributed by atoms with Crippen LogP contribution in [0.2, 0.25) is 0 Å². The third kappa shape index (κ3) is 7.32. The Labute approximate surface area is 332 Å². The molecule has 0 aliphatic heterocycles. The van der Waals surface area contributed by atoms with Crippen LogP contribution in [0.1, 0.15) is 94.7 Å². The van der Waals surface area contributed by atoms with Crippen LogP contribution in [0.4, 0.5) is 5.82 Å². The molecule has 4 aromatic carbocycles. The Morgan fingerprint density at radius 3 is 1.36 bits per heavy atom. The highest BCUT2D eigenvalue weighted by Gasteiger charge is 2.24. The quantitative estimate of drug-likeness (QED) is 0.148. The minimum atomic E-state index is 0.908. The summed E-state index contributed by atoms with van der Waals surface area (Å²) in [5.41, 5.74) is 24.9. The van der Waals surface area contributed by atoms with Crippen LogP contribution in [0.25, 0.3) is 40.7 Å². The Hall–Kier alpha value is -6.13. The van der Waals surface area contributed by atoms with Gasteiger partial charge < -0.3 is 10.3 Å². The Morgan fingerprint density at radius 1 is 0.571 bits per heavy atom. The maximum Gasteiger partial charge on any atom is 0.140 e. The molecule has 3 aliphatic rings. The van der Waals surface area contributed by atoms with E-state index in [1.54, 1.807) is 11.1 Å². The van der Waals surface area contributed by atoms with Crippen molar-refractivity contribution >= 4 is 30.3 Å². The molecule has 0 saturated carbocycles. The fourth-order valence-corrected chi connectivity index (χ4v) is 8.81. The number of nitrogens with zero attached hydrogens (tertiary/aromatic N) is 3. The fourth-order valence-electron chi connectivity index (χ4n) is 8.81. The lowest BCUT2D eigenvalue weighted by Gasteiger charge is -2.14. The van der Waals surface area contributed by atoms with Gasteiger partial charge in [0.2, 0.25) is 0 Å². The van der Waals surface area contributed by atoms with Crippen molar-refractivity contribution in [2.75, 3.05) is 0 Å². The van der Waals surface area contributed by atoms with Gasteiger partial charge in [0, 0.05) is 34.5 Å². The molecule has 0 atom stereocenters. The fraction of sp³-hybridized carbons (Fsp3) is 0.212. The topological polar surface area (TPSA) is 48.2 Å². The molecule has 4 nitrogen and oxygen atoms in total. The molecule has 0 saturated heterocycles. The zero-order valence-corrected chi connectivity index (χ0v) is 32.8. The van der Waals surface area contributed by atoms with E-state index in [2.05, 4.69) is 162 Å². The maximum absolute atomic E-state index is 4.84. The van der Waals surface area contributed by atoms with Crippen LogP contribution >= 0.6 is 0 Å². The predicted molar refractivity (Wildman–Crippen MR) is 239 cm³/mol. The number of hydrogen-bond acceptors (Lipinski definition) is 2. The molecule has 280 valence electrons. The number of nitrogens with two attached hydrogens (primary N) is 1. The first kappa shape index (κ1) is 36.8. The highest BCUT2D eigenvalue weighted by atomic mass is 15.1. The van der Waals surface area contributed by atoms with Crippen molar-refractivity contribution in [2.24, 2.45) is 10.7 Å². The molecule has 6 aromatic rings. The van der Waals surface area contributed by atoms with Gasteiger partial charge in [0.1, 0.15) is 5.82 Å². The third-order valence-electron chi connectivity index (χ3n) is 11.4. The number of allylic oxidation sites excluding steroid dienone is 3. The molecule has 4 heteroatoms. The SMILES string of the molecule is C/C=N\c1c(CC)c2c(n1-c1ccc(Cc3ccc(-c4ccc(Cc5ccc(-n6c7c(c8c6C=CCC8)CCC=C7)cc5)cc4)cc3)cc1)C=CCC2.C=CN. The van der Waals surface area contributed by atoms with E-state index in [1.165, 1.54) is 79.2 Å². The summed E-state index contributed by atoms with van der Waals surface area (Å²) in [4.78, 5) is 4.84. The molecule has 0 amide bonds. The molecule has 2 N–H and O–H groups in total. The van der Waals surface area contributed by atoms with Gasteiger partial charge in [0.15, 0.2) is 0 Å². The standard InChI is InChI=1S/C50H47N3.C2H5N/c1-3-43-44-11-5-10-16-49(44)53(50(43)51-4-2)42-31-23-38(24-32-42)34-36-19-27-40(28-20-36)39-25-17-35(18-26-39)33-37-21-29-41(30-22-37)52-47-14-8-6-12-45(47)46-13-7-9-15-48(46)52;1-2-3/h4,8-10,14-32H,3,5-7,11-13,33-34H2,1-2H3;2H,1,3H2/b51-4-;. The molecule has 0 radical (unpaired) electrons. The summed E-state index contributed by atoms with van der Waals surface area (Å²) in [5.74, 6) is 1.08. The molecule has 2 aromatic heterocycles. The lowest BCUT2D eigenvalue weighted by atomic mass is 9.94. The van der Waals surface area contributed by atoms with Crippen LogP contribution in [-0.2, 0) is 38.5 Å². The Kier molecular flexibility index (Phi) is 11.0. The summed E-state index contributed by atoms with van der Waals surface area (Å²) in [7, 11) is 0. The molecule has 3 aliphatic carbocycles. The average molecular weight is 733 g/mol. The van der Waals surface area contributed by atoms with E-state index in [9.17, 15) is 0 Å². The van der Waals surface area contributed by atoms with Crippen molar-refractivity contribution in [1.82, 2.24) is 9.13 Å². The van der Waals surface area contributed by atoms with E-state index in [4.69, 9.17) is 4.99 Å². The number of benzene rings is 4. The second-order valence-corrected chi connectivity index (χ2v) is 14.9. The first-order valence-corrected chi connectivity index (χ1v) is 20.3. The minimum Gasteiger partial charge on any atom is -0.405 e. The molecule has 2 heterocycles. The molecule has 0 unspecified atom stereocenters. The van der Waals surface area contributed by atoms with Crippen molar-refractivity contribution in [3.63, 3.8) is 0 Å². The largest absolute Gasteiger partial charge is 0.405 e. The lowest BCUT2D eigenvalue weighted by Crippen LogP contribution is -2.02. The Bertz CT molecular complexity index is 2400. The zero-order chi connectivity index (χ0) is 38.4. The van der Waals surface area contributed by atoms with Crippen molar-refractivity contribution in [3.8, 4) is 22.5 Å². The number of aromatic nitrogens is 2. The number of aliphatic imine (C=N–C) groups is 1. The third-order valence-corrected chi connectivity index (χ3v) is 11.4. The van der Waals surface area contributed by atoms with Gasteiger partial charge in [-0.1, -0.05) is 105 Å². The van der Waals surface area contributed by atoms with E-state index in [1.807, 2.05) is 13.1 Å². The van der Waals surface area contributed by atoms with Gasteiger partial charge in [-0.3, -0.25) is 4.57 Å². The van der Waals surface area contributed by atoms with Gasteiger partial charge in [0.05, 0.1) is 5.69 Å². The number of rotatable bonds is 9. The van der Waals surface area contributed by atoms with Crippen LogP contribution in [0.3, 0.4) is 0 Å². The summed E-state index contributed by atoms with van der Waals surface area (Å²) >= 11 is 0. The van der Waals surface area contributed by atoms with E-state index in [-0.39, 0.29) is 0 Å². The van der Waals surface area contributed by atoms with Crippen LogP contribution in [0.15, 0.2) is 133 Å². The molecular weight excluding hydrogens is 681 g/mol. The van der Waals surface area contributed by atoms with Crippen LogP contribution in [0.5, 0.6) is 0 Å². The number of hydrogen-bond donors (Lipinski definition) is 1. The van der Waals surface area contributed by atoms with E-state index in [0.717, 1.165) is 63.6 Å². The smallest absolute Gasteiger partial charge is 0.140 e. The first-order valence-electron chi connectivity index (χ1n) is 20.3. The second kappa shape index (κ2) is 16.7. The monoisotopic (exact) mass is 732 g/mol. The summed E-state index contributed by atoms with van der Waals surface area (Å²) in [5, 5.41) is 0. The van der Waals surface area contributed by atoms with Gasteiger partial charge in [-0.05, 0) is 163 Å². The van der Waals surface area contributed by atoms with Crippen molar-refractivity contribution < 1.29 is 0 Å². The molecule has 0 bridgehead atoms. The van der Waals surface area contributed by atoms with Gasteiger partial charge in [0.25, 0.3) is 0 Å². The van der Waals surface area contributed by atoms with Crippen molar-refractivity contribution in [1.29, 1.82) is 0 Å². The van der Waals surface area contributed by atoms with E-state index < -0.39 is 0 Å². The van der Waals surface area contributed by atoms with Crippen LogP contribution in [-0.4, -0.2) is 15.3 Å². The maximum atomic E-state index is 4.84. The highest BCUT2D eigenvalue weighted by molar-refractivity contribution is 5.72. The normalized spacial score (nSPS) is 13.9. The highest BCUT2D eigenvalue weighted by Crippen LogP contribution is 2.38. The van der Waals surface area contributed by atoms with Crippen molar-refractivity contribution in [3.05, 3.63) is 190 Å². The summed E-state index contributed by atoms with van der Waals surface area (Å²) in [6.45, 7) is 7.39. The Morgan fingerprint density at radius 2 is 0.946 bits per heavy atom. The van der Waals surface area contributed by atoms with Gasteiger partial charge in [-0.15, -0.1) is 0 Å². The molecular formula is C52H52N4. The predicted octanol–water partition coefficient (Wildman–Crippen LogP) is 12.4. The van der Waals surface area contributed by atoms with Crippen LogP contribution < -0.4 is 5.73 Å². The van der Waals surface area contributed by atoms with Gasteiger partial charge >= 0.3 is 0 Å². The summed E-state index contributed by atoms with van der Waals surface area (Å²) in [6, 6.07) is 36.5. The Balaban J connectivity index is 0.00000143. The molecule has 0 fully saturated rings. The van der Waals surface area contributed by atoms with Crippen LogP contribution in [0, 0.1) is 0 Å². The number of fused-ring (bicyclic) bond motifs is 4. The second-order valence-electron chi connectivity index (χ2n) is 14.9. The molecule has 0 spiro atoms. The molecule has 56 heavy (non-hydrogen) atoms. The van der Waals surface area contributed by atoms with E-state index >= 15 is 0 Å². The summed E-state index contributed by atoms with van der Waals surface area (Å²) < 4.78 is 4.82. The zero-order valence-electron chi connectivity index (χ0n) is 32.8. The summed E-state index contributed by atoms with van der Waals surface area (Å²) in [6.07, 6.45) is 26.7. The van der Waals surface area contributed by atoms with Crippen molar-refractivity contribution in [2.45, 2.75) is 71.6 Å². The lowest BCUT2D eigenvalue weighted by molar-refractivity contribution is 0.922. The van der Waals surface area contributed by atoms with E-state index in [0.29, 0.717) is 0 Å².